The molecule has 3 amide bonds. The third-order valence-electron chi connectivity index (χ3n) is 5.73. The Balaban J connectivity index is 1.53. The largest absolute Gasteiger partial charge is 0.454 e. The second-order valence-corrected chi connectivity index (χ2v) is 7.78. The Kier molecular flexibility index (Phi) is 6.11. The fourth-order valence-corrected chi connectivity index (χ4v) is 4.07. The lowest BCUT2D eigenvalue weighted by atomic mass is 10.0. The highest BCUT2D eigenvalue weighted by Crippen LogP contribution is 2.26. The van der Waals surface area contributed by atoms with Gasteiger partial charge in [-0.1, -0.05) is 42.5 Å². The van der Waals surface area contributed by atoms with Crippen molar-refractivity contribution >= 4 is 23.7 Å². The molecule has 2 heterocycles. The van der Waals surface area contributed by atoms with E-state index in [9.17, 15) is 19.2 Å². The first kappa shape index (κ1) is 20.8. The zero-order valence-electron chi connectivity index (χ0n) is 17.2. The summed E-state index contributed by atoms with van der Waals surface area (Å²) in [6.45, 7) is 0.914. The number of piperidine rings is 1. The lowest BCUT2D eigenvalue weighted by Crippen LogP contribution is -2.48. The molecule has 1 fully saturated rings. The van der Waals surface area contributed by atoms with Gasteiger partial charge in [0.05, 0.1) is 11.1 Å². The number of ether oxygens (including phenoxy) is 1. The molecular formula is C24H24N2O5. The maximum absolute atomic E-state index is 13.0. The van der Waals surface area contributed by atoms with Crippen LogP contribution >= 0.6 is 0 Å². The molecular weight excluding hydrogens is 396 g/mol. The number of rotatable bonds is 6. The Hall–Kier alpha value is -3.48. The van der Waals surface area contributed by atoms with Crippen LogP contribution in [0.15, 0.2) is 54.6 Å². The molecule has 31 heavy (non-hydrogen) atoms. The lowest BCUT2D eigenvalue weighted by Gasteiger charge is -2.28. The van der Waals surface area contributed by atoms with Gasteiger partial charge in [-0.15, -0.1) is 0 Å². The second kappa shape index (κ2) is 9.12. The molecule has 0 radical (unpaired) electrons. The van der Waals surface area contributed by atoms with Crippen LogP contribution in [0.25, 0.3) is 0 Å². The van der Waals surface area contributed by atoms with Crippen molar-refractivity contribution < 1.29 is 23.9 Å². The highest BCUT2D eigenvalue weighted by Gasteiger charge is 2.43. The number of carbonyl (C=O) groups excluding carboxylic acids is 4. The highest BCUT2D eigenvalue weighted by atomic mass is 16.5. The highest BCUT2D eigenvalue weighted by molar-refractivity contribution is 6.22. The van der Waals surface area contributed by atoms with E-state index in [1.54, 1.807) is 29.2 Å². The minimum absolute atomic E-state index is 0.114. The van der Waals surface area contributed by atoms with Gasteiger partial charge in [-0.05, 0) is 37.0 Å². The maximum Gasteiger partial charge on any atom is 0.330 e. The average molecular weight is 420 g/mol. The van der Waals surface area contributed by atoms with Gasteiger partial charge in [-0.2, -0.15) is 0 Å². The molecule has 2 aromatic rings. The van der Waals surface area contributed by atoms with Crippen molar-refractivity contribution in [2.75, 3.05) is 19.7 Å². The van der Waals surface area contributed by atoms with Crippen molar-refractivity contribution in [1.82, 2.24) is 9.80 Å². The number of likely N-dealkylation sites (tertiary alicyclic amines) is 1. The fourth-order valence-electron chi connectivity index (χ4n) is 4.07. The number of benzene rings is 2. The molecule has 7 heteroatoms. The van der Waals surface area contributed by atoms with Crippen molar-refractivity contribution in [3.63, 3.8) is 0 Å². The quantitative estimate of drug-likeness (QED) is 0.530. The summed E-state index contributed by atoms with van der Waals surface area (Å²) in [5, 5.41) is 0. The summed E-state index contributed by atoms with van der Waals surface area (Å²) < 4.78 is 5.32. The van der Waals surface area contributed by atoms with Crippen LogP contribution in [0.1, 0.15) is 45.5 Å². The summed E-state index contributed by atoms with van der Waals surface area (Å²) in [4.78, 5) is 54.0. The van der Waals surface area contributed by atoms with E-state index in [1.807, 2.05) is 30.3 Å². The molecule has 0 aliphatic carbocycles. The van der Waals surface area contributed by atoms with Crippen LogP contribution in [-0.2, 0) is 20.7 Å². The molecule has 0 saturated carbocycles. The van der Waals surface area contributed by atoms with Crippen molar-refractivity contribution in [3.8, 4) is 0 Å². The number of imide groups is 1. The Morgan fingerprint density at radius 3 is 2.03 bits per heavy atom. The predicted octanol–water partition coefficient (Wildman–Crippen LogP) is 2.45. The molecule has 1 saturated heterocycles. The molecule has 2 aromatic carbocycles. The molecule has 2 aliphatic rings. The third kappa shape index (κ3) is 4.35. The molecule has 0 aromatic heterocycles. The summed E-state index contributed by atoms with van der Waals surface area (Å²) in [5.74, 6) is -2.07. The van der Waals surface area contributed by atoms with Crippen LogP contribution in [0.5, 0.6) is 0 Å². The van der Waals surface area contributed by atoms with Crippen LogP contribution in [0, 0.1) is 0 Å². The van der Waals surface area contributed by atoms with Gasteiger partial charge in [0.1, 0.15) is 6.04 Å². The van der Waals surface area contributed by atoms with E-state index >= 15 is 0 Å². The maximum atomic E-state index is 13.0. The lowest BCUT2D eigenvalue weighted by molar-refractivity contribution is -0.155. The number of hydrogen-bond donors (Lipinski definition) is 0. The molecule has 160 valence electrons. The van der Waals surface area contributed by atoms with E-state index in [1.165, 1.54) is 0 Å². The zero-order valence-corrected chi connectivity index (χ0v) is 17.2. The molecule has 7 nitrogen and oxygen atoms in total. The average Bonchev–Trinajstić information content (AvgIpc) is 3.07. The predicted molar refractivity (Wildman–Crippen MR) is 112 cm³/mol. The number of hydrogen-bond acceptors (Lipinski definition) is 5. The van der Waals surface area contributed by atoms with Crippen LogP contribution < -0.4 is 0 Å². The number of fused-ring (bicyclic) bond motifs is 1. The molecule has 0 spiro atoms. The topological polar surface area (TPSA) is 84.0 Å². The van der Waals surface area contributed by atoms with E-state index in [-0.39, 0.29) is 23.5 Å². The van der Waals surface area contributed by atoms with Crippen LogP contribution in [0.2, 0.25) is 0 Å². The van der Waals surface area contributed by atoms with Gasteiger partial charge < -0.3 is 9.64 Å². The first-order valence-electron chi connectivity index (χ1n) is 10.5. The van der Waals surface area contributed by atoms with E-state index < -0.39 is 30.4 Å². The van der Waals surface area contributed by atoms with Crippen molar-refractivity contribution in [1.29, 1.82) is 0 Å². The molecule has 0 bridgehead atoms. The van der Waals surface area contributed by atoms with Gasteiger partial charge in [0, 0.05) is 19.5 Å². The third-order valence-corrected chi connectivity index (χ3v) is 5.73. The normalized spacial score (nSPS) is 16.8. The molecule has 4 rings (SSSR count). The van der Waals surface area contributed by atoms with Crippen molar-refractivity contribution in [2.24, 2.45) is 0 Å². The van der Waals surface area contributed by atoms with Gasteiger partial charge in [0.2, 0.25) is 0 Å². The van der Waals surface area contributed by atoms with E-state index in [0.717, 1.165) is 29.7 Å². The Bertz CT molecular complexity index is 963. The first-order chi connectivity index (χ1) is 15.1. The monoisotopic (exact) mass is 420 g/mol. The van der Waals surface area contributed by atoms with Crippen molar-refractivity contribution in [3.05, 3.63) is 71.3 Å². The van der Waals surface area contributed by atoms with Crippen LogP contribution in [-0.4, -0.2) is 59.2 Å². The number of amides is 3. The van der Waals surface area contributed by atoms with E-state index in [0.29, 0.717) is 13.1 Å². The Morgan fingerprint density at radius 1 is 0.839 bits per heavy atom. The zero-order chi connectivity index (χ0) is 21.8. The number of esters is 1. The van der Waals surface area contributed by atoms with Gasteiger partial charge in [-0.25, -0.2) is 4.79 Å². The summed E-state index contributed by atoms with van der Waals surface area (Å²) >= 11 is 0. The Morgan fingerprint density at radius 2 is 1.42 bits per heavy atom. The molecule has 0 N–H and O–H groups in total. The van der Waals surface area contributed by atoms with Crippen LogP contribution in [0.4, 0.5) is 0 Å². The standard InChI is InChI=1S/C24H24N2O5/c27-21(25-13-7-2-8-14-25)16-31-24(30)20(15-17-9-3-1-4-10-17)26-22(28)18-11-5-6-12-19(18)23(26)29/h1,3-6,9-12,20H,2,7-8,13-16H2. The molecule has 2 aliphatic heterocycles. The smallest absolute Gasteiger partial charge is 0.330 e. The summed E-state index contributed by atoms with van der Waals surface area (Å²) in [5.41, 5.74) is 1.31. The summed E-state index contributed by atoms with van der Waals surface area (Å²) in [6.07, 6.45) is 3.07. The number of nitrogens with zero attached hydrogens (tertiary/aromatic N) is 2. The molecule has 1 atom stereocenters. The fraction of sp³-hybridized carbons (Fsp3) is 0.333. The van der Waals surface area contributed by atoms with Gasteiger partial charge in [-0.3, -0.25) is 19.3 Å². The van der Waals surface area contributed by atoms with E-state index in [2.05, 4.69) is 0 Å². The Labute approximate surface area is 180 Å². The van der Waals surface area contributed by atoms with Crippen LogP contribution in [0.3, 0.4) is 0 Å². The number of carbonyl (C=O) groups is 4. The second-order valence-electron chi connectivity index (χ2n) is 7.78. The van der Waals surface area contributed by atoms with Gasteiger partial charge in [0.15, 0.2) is 6.61 Å². The van der Waals surface area contributed by atoms with Gasteiger partial charge >= 0.3 is 5.97 Å². The summed E-state index contributed by atoms with van der Waals surface area (Å²) in [7, 11) is 0. The molecule has 1 unspecified atom stereocenters. The first-order valence-corrected chi connectivity index (χ1v) is 10.5. The summed E-state index contributed by atoms with van der Waals surface area (Å²) in [6, 6.07) is 14.5. The van der Waals surface area contributed by atoms with Gasteiger partial charge in [0.25, 0.3) is 17.7 Å². The minimum atomic E-state index is -1.15. The SMILES string of the molecule is O=C(OCC(=O)N1CCCCC1)C(Cc1ccccc1)N1C(=O)c2ccccc2C1=O. The van der Waals surface area contributed by atoms with E-state index in [4.69, 9.17) is 4.74 Å². The van der Waals surface area contributed by atoms with Crippen molar-refractivity contribution in [2.45, 2.75) is 31.7 Å². The minimum Gasteiger partial charge on any atom is -0.454 e.